The molecule has 86 valence electrons. The molecular formula is C13H24OSi. The van der Waals surface area contributed by atoms with Crippen LogP contribution in [0.3, 0.4) is 0 Å². The van der Waals surface area contributed by atoms with E-state index >= 15 is 0 Å². The first kappa shape index (κ1) is 12.6. The van der Waals surface area contributed by atoms with Crippen molar-refractivity contribution in [1.29, 1.82) is 0 Å². The van der Waals surface area contributed by atoms with Gasteiger partial charge in [-0.15, -0.1) is 0 Å². The molecule has 0 radical (unpaired) electrons. The Morgan fingerprint density at radius 3 is 2.40 bits per heavy atom. The Morgan fingerprint density at radius 1 is 1.33 bits per heavy atom. The Hall–Kier alpha value is -0.503. The van der Waals surface area contributed by atoms with E-state index in [2.05, 4.69) is 52.9 Å². The normalized spacial score (nSPS) is 17.5. The van der Waals surface area contributed by atoms with Crippen LogP contribution in [0.2, 0.25) is 18.1 Å². The van der Waals surface area contributed by atoms with Crippen LogP contribution in [0.4, 0.5) is 0 Å². The lowest BCUT2D eigenvalue weighted by Crippen LogP contribution is -2.40. The van der Waals surface area contributed by atoms with Gasteiger partial charge in [-0.25, -0.2) is 0 Å². The second-order valence-electron chi connectivity index (χ2n) is 5.77. The predicted octanol–water partition coefficient (Wildman–Crippen LogP) is 4.63. The van der Waals surface area contributed by atoms with Crippen molar-refractivity contribution in [1.82, 2.24) is 0 Å². The summed E-state index contributed by atoms with van der Waals surface area (Å²) in [5, 5.41) is 0.293. The molecule has 0 unspecified atom stereocenters. The molecule has 0 heterocycles. The Balaban J connectivity index is 2.79. The van der Waals surface area contributed by atoms with Gasteiger partial charge in [-0.1, -0.05) is 39.8 Å². The van der Waals surface area contributed by atoms with E-state index in [0.29, 0.717) is 5.04 Å². The molecule has 2 heteroatoms. The van der Waals surface area contributed by atoms with Gasteiger partial charge in [0.25, 0.3) is 0 Å². The third-order valence-corrected chi connectivity index (χ3v) is 7.91. The molecule has 0 aromatic heterocycles. The summed E-state index contributed by atoms with van der Waals surface area (Å²) in [6, 6.07) is 0. The lowest BCUT2D eigenvalue weighted by atomic mass is 10.2. The zero-order chi connectivity index (χ0) is 11.7. The van der Waals surface area contributed by atoms with Crippen LogP contribution < -0.4 is 0 Å². The van der Waals surface area contributed by atoms with Gasteiger partial charge in [0.1, 0.15) is 0 Å². The van der Waals surface area contributed by atoms with Crippen molar-refractivity contribution in [2.45, 2.75) is 58.7 Å². The first-order valence-electron chi connectivity index (χ1n) is 5.85. The zero-order valence-electron chi connectivity index (χ0n) is 11.0. The van der Waals surface area contributed by atoms with Crippen LogP contribution >= 0.6 is 0 Å². The fourth-order valence-corrected chi connectivity index (χ4v) is 2.55. The minimum absolute atomic E-state index is 0.293. The van der Waals surface area contributed by atoms with Gasteiger partial charge in [0, 0.05) is 6.42 Å². The first-order valence-corrected chi connectivity index (χ1v) is 8.76. The summed E-state index contributed by atoms with van der Waals surface area (Å²) in [6.07, 6.45) is 6.50. The van der Waals surface area contributed by atoms with E-state index in [-0.39, 0.29) is 0 Å². The van der Waals surface area contributed by atoms with E-state index < -0.39 is 8.32 Å². The maximum atomic E-state index is 6.32. The lowest BCUT2D eigenvalue weighted by molar-refractivity contribution is 0.374. The molecular weight excluding hydrogens is 200 g/mol. The molecule has 0 saturated heterocycles. The van der Waals surface area contributed by atoms with Crippen LogP contribution in [0.25, 0.3) is 0 Å². The van der Waals surface area contributed by atoms with Gasteiger partial charge in [0.2, 0.25) is 8.32 Å². The summed E-state index contributed by atoms with van der Waals surface area (Å²) in [5.74, 6) is 1.23. The molecule has 1 aliphatic rings. The highest BCUT2D eigenvalue weighted by Crippen LogP contribution is 2.39. The van der Waals surface area contributed by atoms with Crippen molar-refractivity contribution in [3.8, 4) is 0 Å². The molecule has 0 fully saturated rings. The Kier molecular flexibility index (Phi) is 3.49. The molecule has 15 heavy (non-hydrogen) atoms. The average Bonchev–Trinajstić information content (AvgIpc) is 2.48. The van der Waals surface area contributed by atoms with Crippen molar-refractivity contribution in [2.24, 2.45) is 0 Å². The van der Waals surface area contributed by atoms with Crippen LogP contribution in [-0.2, 0) is 4.43 Å². The molecule has 0 aromatic rings. The van der Waals surface area contributed by atoms with E-state index in [1.54, 1.807) is 0 Å². The Labute approximate surface area is 95.4 Å². The van der Waals surface area contributed by atoms with Gasteiger partial charge in [-0.2, -0.15) is 0 Å². The highest BCUT2D eigenvalue weighted by Gasteiger charge is 2.39. The maximum absolute atomic E-state index is 6.32. The summed E-state index contributed by atoms with van der Waals surface area (Å²) in [5.41, 5.74) is 1.39. The van der Waals surface area contributed by atoms with Gasteiger partial charge in [0.05, 0.1) is 5.76 Å². The zero-order valence-corrected chi connectivity index (χ0v) is 12.0. The largest absolute Gasteiger partial charge is 0.546 e. The van der Waals surface area contributed by atoms with E-state index in [1.807, 2.05) is 0 Å². The molecule has 0 N–H and O–H groups in total. The first-order chi connectivity index (χ1) is 6.78. The Bertz CT molecular complexity index is 292. The van der Waals surface area contributed by atoms with Crippen molar-refractivity contribution < 1.29 is 4.43 Å². The number of rotatable bonds is 3. The quantitative estimate of drug-likeness (QED) is 0.635. The van der Waals surface area contributed by atoms with E-state index in [4.69, 9.17) is 4.43 Å². The second-order valence-corrected chi connectivity index (χ2v) is 10.5. The molecule has 0 bridgehead atoms. The Morgan fingerprint density at radius 2 is 1.93 bits per heavy atom. The fourth-order valence-electron chi connectivity index (χ4n) is 1.42. The third kappa shape index (κ3) is 2.74. The van der Waals surface area contributed by atoms with Gasteiger partial charge in [0.15, 0.2) is 0 Å². The smallest absolute Gasteiger partial charge is 0.250 e. The van der Waals surface area contributed by atoms with Crippen LogP contribution in [0.5, 0.6) is 0 Å². The minimum Gasteiger partial charge on any atom is -0.546 e. The molecule has 0 aromatic carbocycles. The van der Waals surface area contributed by atoms with Crippen molar-refractivity contribution in [3.05, 3.63) is 23.5 Å². The van der Waals surface area contributed by atoms with Crippen LogP contribution in [-0.4, -0.2) is 8.32 Å². The van der Waals surface area contributed by atoms with Crippen LogP contribution in [0.15, 0.2) is 23.5 Å². The fraction of sp³-hybridized carbons (Fsp3) is 0.692. The van der Waals surface area contributed by atoms with E-state index in [0.717, 1.165) is 12.8 Å². The monoisotopic (exact) mass is 224 g/mol. The van der Waals surface area contributed by atoms with Crippen molar-refractivity contribution in [2.75, 3.05) is 0 Å². The molecule has 1 aliphatic carbocycles. The summed E-state index contributed by atoms with van der Waals surface area (Å²) >= 11 is 0. The SMILES string of the molecule is CCC1=C(O[Si](C)(C)C(C)(C)C)CC=C1. The molecule has 0 aliphatic heterocycles. The third-order valence-electron chi connectivity index (χ3n) is 3.55. The number of allylic oxidation sites excluding steroid dienone is 3. The molecule has 0 saturated carbocycles. The summed E-state index contributed by atoms with van der Waals surface area (Å²) in [7, 11) is -1.63. The highest BCUT2D eigenvalue weighted by atomic mass is 28.4. The van der Waals surface area contributed by atoms with Crippen molar-refractivity contribution >= 4 is 8.32 Å². The average molecular weight is 224 g/mol. The summed E-state index contributed by atoms with van der Waals surface area (Å²) in [6.45, 7) is 13.7. The van der Waals surface area contributed by atoms with Crippen molar-refractivity contribution in [3.63, 3.8) is 0 Å². The highest BCUT2D eigenvalue weighted by molar-refractivity contribution is 6.74. The van der Waals surface area contributed by atoms with Gasteiger partial charge < -0.3 is 4.43 Å². The predicted molar refractivity (Wildman–Crippen MR) is 69.4 cm³/mol. The lowest BCUT2D eigenvalue weighted by Gasteiger charge is -2.37. The molecule has 0 spiro atoms. The standard InChI is InChI=1S/C13H24OSi/c1-7-11-9-8-10-12(11)14-15(5,6)13(2,3)4/h8-9H,7,10H2,1-6H3. The second kappa shape index (κ2) is 4.16. The van der Waals surface area contributed by atoms with Gasteiger partial charge in [-0.3, -0.25) is 0 Å². The van der Waals surface area contributed by atoms with Gasteiger partial charge >= 0.3 is 0 Å². The number of hydrogen-bond donors (Lipinski definition) is 0. The van der Waals surface area contributed by atoms with E-state index in [1.165, 1.54) is 11.3 Å². The van der Waals surface area contributed by atoms with Crippen LogP contribution in [0, 0.1) is 0 Å². The van der Waals surface area contributed by atoms with E-state index in [9.17, 15) is 0 Å². The minimum atomic E-state index is -1.63. The molecule has 0 atom stereocenters. The molecule has 1 nitrogen and oxygen atoms in total. The maximum Gasteiger partial charge on any atom is 0.250 e. The molecule has 0 amide bonds. The van der Waals surface area contributed by atoms with Gasteiger partial charge in [-0.05, 0) is 30.1 Å². The number of hydrogen-bond acceptors (Lipinski definition) is 1. The molecule has 1 rings (SSSR count). The summed E-state index contributed by atoms with van der Waals surface area (Å²) < 4.78 is 6.32. The van der Waals surface area contributed by atoms with Crippen LogP contribution in [0.1, 0.15) is 40.5 Å². The summed E-state index contributed by atoms with van der Waals surface area (Å²) in [4.78, 5) is 0. The topological polar surface area (TPSA) is 9.23 Å².